The molecular formula is C22H23N3O2. The predicted molar refractivity (Wildman–Crippen MR) is 105 cm³/mol. The van der Waals surface area contributed by atoms with E-state index < -0.39 is 0 Å². The first-order valence-electron chi connectivity index (χ1n) is 9.76. The summed E-state index contributed by atoms with van der Waals surface area (Å²) in [5.41, 5.74) is 7.84. The maximum atomic E-state index is 12.5. The van der Waals surface area contributed by atoms with Crippen LogP contribution in [-0.2, 0) is 24.0 Å². The molecule has 0 amide bonds. The van der Waals surface area contributed by atoms with Crippen LogP contribution in [0.15, 0.2) is 30.5 Å². The second-order valence-corrected chi connectivity index (χ2v) is 7.25. The molecule has 0 spiro atoms. The van der Waals surface area contributed by atoms with E-state index in [1.54, 1.807) is 6.20 Å². The summed E-state index contributed by atoms with van der Waals surface area (Å²) in [6.07, 6.45) is 4.38. The minimum atomic E-state index is -0.263. The van der Waals surface area contributed by atoms with Crippen LogP contribution >= 0.6 is 0 Å². The number of aryl methyl sites for hydroxylation is 1. The van der Waals surface area contributed by atoms with E-state index in [1.165, 1.54) is 22.2 Å². The Balaban J connectivity index is 1.65. The van der Waals surface area contributed by atoms with Crippen molar-refractivity contribution in [1.82, 2.24) is 9.97 Å². The molecule has 0 radical (unpaired) electrons. The van der Waals surface area contributed by atoms with E-state index >= 15 is 0 Å². The van der Waals surface area contributed by atoms with E-state index in [0.29, 0.717) is 12.2 Å². The number of aromatic amines is 1. The lowest BCUT2D eigenvalue weighted by Crippen LogP contribution is -2.33. The first-order chi connectivity index (χ1) is 13.2. The van der Waals surface area contributed by atoms with Gasteiger partial charge in [0.05, 0.1) is 29.6 Å². The van der Waals surface area contributed by atoms with Gasteiger partial charge in [0.25, 0.3) is 0 Å². The van der Waals surface area contributed by atoms with Crippen molar-refractivity contribution in [1.29, 1.82) is 0 Å². The molecule has 5 nitrogen and oxygen atoms in total. The van der Waals surface area contributed by atoms with Crippen LogP contribution in [0.2, 0.25) is 0 Å². The largest absolute Gasteiger partial charge is 0.462 e. The third kappa shape index (κ3) is 2.30. The van der Waals surface area contributed by atoms with Gasteiger partial charge in [0.1, 0.15) is 0 Å². The molecule has 1 N–H and O–H groups in total. The Bertz CT molecular complexity index is 1050. The van der Waals surface area contributed by atoms with Gasteiger partial charge in [0.15, 0.2) is 0 Å². The maximum Gasteiger partial charge on any atom is 0.340 e. The monoisotopic (exact) mass is 361 g/mol. The first-order valence-corrected chi connectivity index (χ1v) is 9.76. The number of anilines is 1. The van der Waals surface area contributed by atoms with Crippen LogP contribution in [-0.4, -0.2) is 29.1 Å². The van der Waals surface area contributed by atoms with Crippen molar-refractivity contribution < 1.29 is 9.53 Å². The van der Waals surface area contributed by atoms with E-state index in [9.17, 15) is 4.79 Å². The highest BCUT2D eigenvalue weighted by molar-refractivity contribution is 5.94. The van der Waals surface area contributed by atoms with E-state index in [0.717, 1.165) is 42.8 Å². The summed E-state index contributed by atoms with van der Waals surface area (Å²) >= 11 is 0. The molecule has 0 aliphatic carbocycles. The standard InChI is InChI=1S/C22H23N3O2/c1-3-17-21-15(16(12-23-17)22(26)27-4-2)11-19-20-14(9-10-25(19)21)13-7-5-6-8-18(13)24-20/h5-8,12,19,24H,3-4,9-11H2,1-2H3/t19-/m0/s1. The lowest BCUT2D eigenvalue weighted by molar-refractivity contribution is 0.0525. The number of ether oxygens (including phenoxy) is 1. The lowest BCUT2D eigenvalue weighted by atomic mass is 9.96. The molecule has 2 aliphatic heterocycles. The zero-order valence-electron chi connectivity index (χ0n) is 15.7. The van der Waals surface area contributed by atoms with Gasteiger partial charge in [-0.1, -0.05) is 25.1 Å². The van der Waals surface area contributed by atoms with Crippen molar-refractivity contribution in [2.45, 2.75) is 39.2 Å². The zero-order valence-corrected chi connectivity index (χ0v) is 15.7. The molecule has 2 aromatic heterocycles. The third-order valence-corrected chi connectivity index (χ3v) is 5.91. The number of hydrogen-bond acceptors (Lipinski definition) is 4. The van der Waals surface area contributed by atoms with Gasteiger partial charge >= 0.3 is 5.97 Å². The van der Waals surface area contributed by atoms with Crippen molar-refractivity contribution in [2.24, 2.45) is 0 Å². The number of aromatic nitrogens is 2. The lowest BCUT2D eigenvalue weighted by Gasteiger charge is -2.33. The molecule has 5 heteroatoms. The maximum absolute atomic E-state index is 12.5. The van der Waals surface area contributed by atoms with Gasteiger partial charge < -0.3 is 14.6 Å². The Hall–Kier alpha value is -2.82. The quantitative estimate of drug-likeness (QED) is 0.718. The molecule has 1 atom stereocenters. The Kier molecular flexibility index (Phi) is 3.71. The van der Waals surface area contributed by atoms with Crippen LogP contribution in [0.5, 0.6) is 0 Å². The number of carbonyl (C=O) groups is 1. The van der Waals surface area contributed by atoms with Crippen LogP contribution < -0.4 is 4.90 Å². The van der Waals surface area contributed by atoms with Gasteiger partial charge in [0.2, 0.25) is 0 Å². The second kappa shape index (κ2) is 6.12. The molecular weight excluding hydrogens is 338 g/mol. The van der Waals surface area contributed by atoms with E-state index in [-0.39, 0.29) is 12.0 Å². The average Bonchev–Trinajstić information content (AvgIpc) is 3.26. The van der Waals surface area contributed by atoms with E-state index in [1.807, 2.05) is 6.92 Å². The summed E-state index contributed by atoms with van der Waals surface area (Å²) < 4.78 is 5.29. The van der Waals surface area contributed by atoms with E-state index in [4.69, 9.17) is 4.74 Å². The summed E-state index contributed by atoms with van der Waals surface area (Å²) in [4.78, 5) is 23.2. The molecule has 0 saturated heterocycles. The number of esters is 1. The molecule has 3 aromatic rings. The molecule has 0 saturated carbocycles. The smallest absolute Gasteiger partial charge is 0.340 e. The highest BCUT2D eigenvalue weighted by Crippen LogP contribution is 2.47. The fourth-order valence-electron chi connectivity index (χ4n) is 4.76. The van der Waals surface area contributed by atoms with Crippen LogP contribution in [0.3, 0.4) is 0 Å². The fraction of sp³-hybridized carbons (Fsp3) is 0.364. The average molecular weight is 361 g/mol. The van der Waals surface area contributed by atoms with Gasteiger partial charge in [-0.15, -0.1) is 0 Å². The van der Waals surface area contributed by atoms with Gasteiger partial charge in [-0.05, 0) is 37.0 Å². The Labute approximate surface area is 158 Å². The number of benzene rings is 1. The number of para-hydroxylation sites is 1. The van der Waals surface area contributed by atoms with Crippen LogP contribution in [0.1, 0.15) is 52.8 Å². The van der Waals surface area contributed by atoms with E-state index in [2.05, 4.69) is 46.1 Å². The van der Waals surface area contributed by atoms with Crippen molar-refractivity contribution in [3.63, 3.8) is 0 Å². The van der Waals surface area contributed by atoms with Gasteiger partial charge in [-0.2, -0.15) is 0 Å². The van der Waals surface area contributed by atoms with Crippen LogP contribution in [0, 0.1) is 0 Å². The minimum Gasteiger partial charge on any atom is -0.462 e. The fourth-order valence-corrected chi connectivity index (χ4v) is 4.76. The summed E-state index contributed by atoms with van der Waals surface area (Å²) in [5.74, 6) is -0.263. The minimum absolute atomic E-state index is 0.235. The number of nitrogens with one attached hydrogen (secondary N) is 1. The van der Waals surface area contributed by atoms with Gasteiger partial charge in [-0.25, -0.2) is 4.79 Å². The van der Waals surface area contributed by atoms with Gasteiger partial charge in [-0.3, -0.25) is 4.98 Å². The number of carbonyl (C=O) groups excluding carboxylic acids is 1. The summed E-state index contributed by atoms with van der Waals surface area (Å²) in [7, 11) is 0. The predicted octanol–water partition coefficient (Wildman–Crippen LogP) is 3.96. The first kappa shape index (κ1) is 16.4. The Morgan fingerprint density at radius 2 is 2.15 bits per heavy atom. The Morgan fingerprint density at radius 1 is 1.30 bits per heavy atom. The number of nitrogens with zero attached hydrogens (tertiary/aromatic N) is 2. The summed E-state index contributed by atoms with van der Waals surface area (Å²) in [5, 5.41) is 1.32. The number of rotatable bonds is 3. The van der Waals surface area contributed by atoms with Gasteiger partial charge in [0, 0.05) is 35.8 Å². The Morgan fingerprint density at radius 3 is 2.96 bits per heavy atom. The van der Waals surface area contributed by atoms with Crippen molar-refractivity contribution in [3.8, 4) is 0 Å². The molecule has 5 rings (SSSR count). The molecule has 1 aromatic carbocycles. The SMILES string of the molecule is CCOC(=O)c1cnc(CC)c2c1C[C@H]1c3[nH]c4ccccc4c3CCN21. The number of pyridine rings is 1. The molecule has 2 aliphatic rings. The molecule has 27 heavy (non-hydrogen) atoms. The van der Waals surface area contributed by atoms with Crippen LogP contribution in [0.25, 0.3) is 10.9 Å². The summed E-state index contributed by atoms with van der Waals surface area (Å²) in [6, 6.07) is 8.75. The third-order valence-electron chi connectivity index (χ3n) is 5.91. The molecule has 138 valence electrons. The molecule has 0 unspecified atom stereocenters. The van der Waals surface area contributed by atoms with Crippen molar-refractivity contribution in [3.05, 3.63) is 58.5 Å². The number of H-pyrrole nitrogens is 1. The second-order valence-electron chi connectivity index (χ2n) is 7.25. The highest BCUT2D eigenvalue weighted by atomic mass is 16.5. The number of fused-ring (bicyclic) bond motifs is 7. The zero-order chi connectivity index (χ0) is 18.5. The normalized spacial score (nSPS) is 17.6. The molecule has 0 fully saturated rings. The van der Waals surface area contributed by atoms with Crippen molar-refractivity contribution in [2.75, 3.05) is 18.1 Å². The topological polar surface area (TPSA) is 58.2 Å². The highest BCUT2D eigenvalue weighted by Gasteiger charge is 2.40. The molecule has 4 heterocycles. The van der Waals surface area contributed by atoms with Crippen molar-refractivity contribution >= 4 is 22.6 Å². The molecule has 0 bridgehead atoms. The summed E-state index contributed by atoms with van der Waals surface area (Å²) in [6.45, 7) is 5.29. The van der Waals surface area contributed by atoms with Crippen LogP contribution in [0.4, 0.5) is 5.69 Å². The number of hydrogen-bond donors (Lipinski definition) is 1.